The molecular weight excluding hydrogens is 260 g/mol. The third-order valence-corrected chi connectivity index (χ3v) is 4.02. The standard InChI is InChI=1S/C15H23ClN2O/c1-11(10-19-3)18(2)14-7-4-12(15(16)8-14)9-17-13-5-6-13/h4,7-8,11,13,17H,5-6,9-10H2,1-3H3. The molecule has 19 heavy (non-hydrogen) atoms. The van der Waals surface area contributed by atoms with Gasteiger partial charge in [-0.05, 0) is 37.5 Å². The Labute approximate surface area is 120 Å². The van der Waals surface area contributed by atoms with Gasteiger partial charge in [0.25, 0.3) is 0 Å². The Kier molecular flexibility index (Phi) is 5.08. The molecule has 1 unspecified atom stereocenters. The molecule has 4 heteroatoms. The molecule has 1 aliphatic rings. The molecule has 3 nitrogen and oxygen atoms in total. The van der Waals surface area contributed by atoms with Crippen LogP contribution in [0.4, 0.5) is 5.69 Å². The van der Waals surface area contributed by atoms with E-state index in [4.69, 9.17) is 16.3 Å². The van der Waals surface area contributed by atoms with Crippen LogP contribution in [0.2, 0.25) is 5.02 Å². The van der Waals surface area contributed by atoms with Gasteiger partial charge in [0.1, 0.15) is 0 Å². The number of rotatable bonds is 7. The monoisotopic (exact) mass is 282 g/mol. The predicted molar refractivity (Wildman–Crippen MR) is 81.1 cm³/mol. The van der Waals surface area contributed by atoms with E-state index in [-0.39, 0.29) is 0 Å². The van der Waals surface area contributed by atoms with Crippen LogP contribution in [0.1, 0.15) is 25.3 Å². The van der Waals surface area contributed by atoms with E-state index >= 15 is 0 Å². The highest BCUT2D eigenvalue weighted by atomic mass is 35.5. The highest BCUT2D eigenvalue weighted by molar-refractivity contribution is 6.31. The number of methoxy groups -OCH3 is 1. The van der Waals surface area contributed by atoms with Gasteiger partial charge in [0.05, 0.1) is 6.61 Å². The van der Waals surface area contributed by atoms with E-state index < -0.39 is 0 Å². The normalized spacial score (nSPS) is 16.4. The second kappa shape index (κ2) is 6.60. The maximum Gasteiger partial charge on any atom is 0.0663 e. The minimum atomic E-state index is 0.330. The lowest BCUT2D eigenvalue weighted by Gasteiger charge is -2.27. The van der Waals surface area contributed by atoms with E-state index in [0.29, 0.717) is 18.7 Å². The van der Waals surface area contributed by atoms with E-state index in [1.807, 2.05) is 6.07 Å². The molecule has 2 rings (SSSR count). The van der Waals surface area contributed by atoms with Crippen molar-refractivity contribution in [2.24, 2.45) is 0 Å². The van der Waals surface area contributed by atoms with E-state index in [9.17, 15) is 0 Å². The number of anilines is 1. The molecule has 106 valence electrons. The van der Waals surface area contributed by atoms with E-state index in [2.05, 4.69) is 36.3 Å². The number of halogens is 1. The Bertz CT molecular complexity index is 421. The van der Waals surface area contributed by atoms with Crippen molar-refractivity contribution in [2.45, 2.75) is 38.4 Å². The first-order chi connectivity index (χ1) is 9.11. The molecule has 1 aromatic carbocycles. The van der Waals surface area contributed by atoms with Crippen LogP contribution in [0.25, 0.3) is 0 Å². The minimum absolute atomic E-state index is 0.330. The van der Waals surface area contributed by atoms with Gasteiger partial charge < -0.3 is 15.0 Å². The lowest BCUT2D eigenvalue weighted by Crippen LogP contribution is -2.32. The zero-order valence-corrected chi connectivity index (χ0v) is 12.7. The number of nitrogens with one attached hydrogen (secondary N) is 1. The number of hydrogen-bond acceptors (Lipinski definition) is 3. The molecular formula is C15H23ClN2O. The first-order valence-corrected chi connectivity index (χ1v) is 7.23. The molecule has 1 atom stereocenters. The molecule has 0 amide bonds. The highest BCUT2D eigenvalue weighted by Gasteiger charge is 2.20. The summed E-state index contributed by atoms with van der Waals surface area (Å²) in [6.45, 7) is 3.71. The van der Waals surface area contributed by atoms with Crippen LogP contribution in [0.15, 0.2) is 18.2 Å². The lowest BCUT2D eigenvalue weighted by atomic mass is 10.1. The summed E-state index contributed by atoms with van der Waals surface area (Å²) in [5.41, 5.74) is 2.30. The second-order valence-corrected chi connectivity index (χ2v) is 5.75. The summed E-state index contributed by atoms with van der Waals surface area (Å²) in [5.74, 6) is 0. The van der Waals surface area contributed by atoms with Crippen LogP contribution >= 0.6 is 11.6 Å². The Balaban J connectivity index is 1.99. The molecule has 0 heterocycles. The van der Waals surface area contributed by atoms with Crippen molar-refractivity contribution >= 4 is 17.3 Å². The first-order valence-electron chi connectivity index (χ1n) is 6.85. The van der Waals surface area contributed by atoms with Crippen molar-refractivity contribution in [3.05, 3.63) is 28.8 Å². The molecule has 1 fully saturated rings. The van der Waals surface area contributed by atoms with Crippen LogP contribution in [0.3, 0.4) is 0 Å². The Morgan fingerprint density at radius 2 is 2.21 bits per heavy atom. The maximum atomic E-state index is 6.36. The van der Waals surface area contributed by atoms with Crippen LogP contribution in [-0.4, -0.2) is 32.8 Å². The minimum Gasteiger partial charge on any atom is -0.383 e. The van der Waals surface area contributed by atoms with E-state index in [0.717, 1.165) is 17.3 Å². The third kappa shape index (κ3) is 4.10. The lowest BCUT2D eigenvalue weighted by molar-refractivity contribution is 0.183. The van der Waals surface area contributed by atoms with Gasteiger partial charge in [-0.3, -0.25) is 0 Å². The van der Waals surface area contributed by atoms with Gasteiger partial charge in [0, 0.05) is 43.5 Å². The number of likely N-dealkylation sites (N-methyl/N-ethyl adjacent to an activating group) is 1. The van der Waals surface area contributed by atoms with Gasteiger partial charge in [-0.25, -0.2) is 0 Å². The molecule has 1 N–H and O–H groups in total. The Morgan fingerprint density at radius 3 is 2.79 bits per heavy atom. The topological polar surface area (TPSA) is 24.5 Å². The summed E-state index contributed by atoms with van der Waals surface area (Å²) in [4.78, 5) is 2.19. The van der Waals surface area contributed by atoms with Crippen molar-refractivity contribution in [1.29, 1.82) is 0 Å². The van der Waals surface area contributed by atoms with Gasteiger partial charge >= 0.3 is 0 Å². The molecule has 0 aliphatic heterocycles. The molecule has 1 aliphatic carbocycles. The fourth-order valence-electron chi connectivity index (χ4n) is 2.05. The van der Waals surface area contributed by atoms with Gasteiger partial charge in [0.15, 0.2) is 0 Å². The van der Waals surface area contributed by atoms with Gasteiger partial charge in [-0.1, -0.05) is 17.7 Å². The van der Waals surface area contributed by atoms with Crippen molar-refractivity contribution in [3.8, 4) is 0 Å². The summed E-state index contributed by atoms with van der Waals surface area (Å²) in [7, 11) is 3.79. The third-order valence-electron chi connectivity index (χ3n) is 3.67. The number of hydrogen-bond donors (Lipinski definition) is 1. The average molecular weight is 283 g/mol. The fraction of sp³-hybridized carbons (Fsp3) is 0.600. The summed E-state index contributed by atoms with van der Waals surface area (Å²) in [5, 5.41) is 4.32. The zero-order valence-electron chi connectivity index (χ0n) is 11.9. The van der Waals surface area contributed by atoms with E-state index in [1.165, 1.54) is 18.4 Å². The molecule has 0 spiro atoms. The highest BCUT2D eigenvalue weighted by Crippen LogP contribution is 2.26. The van der Waals surface area contributed by atoms with Crippen molar-refractivity contribution in [1.82, 2.24) is 5.32 Å². The summed E-state index contributed by atoms with van der Waals surface area (Å²) < 4.78 is 5.19. The molecule has 0 radical (unpaired) electrons. The number of ether oxygens (including phenoxy) is 1. The van der Waals surface area contributed by atoms with Crippen LogP contribution in [-0.2, 0) is 11.3 Å². The van der Waals surface area contributed by atoms with Crippen LogP contribution in [0, 0.1) is 0 Å². The maximum absolute atomic E-state index is 6.36. The number of nitrogens with zero attached hydrogens (tertiary/aromatic N) is 1. The quantitative estimate of drug-likeness (QED) is 0.832. The van der Waals surface area contributed by atoms with E-state index in [1.54, 1.807) is 7.11 Å². The summed E-state index contributed by atoms with van der Waals surface area (Å²) in [6, 6.07) is 7.32. The smallest absolute Gasteiger partial charge is 0.0663 e. The fourth-order valence-corrected chi connectivity index (χ4v) is 2.29. The molecule has 0 aromatic heterocycles. The average Bonchev–Trinajstić information content (AvgIpc) is 3.20. The van der Waals surface area contributed by atoms with Gasteiger partial charge in [0.2, 0.25) is 0 Å². The van der Waals surface area contributed by atoms with Crippen molar-refractivity contribution < 1.29 is 4.74 Å². The van der Waals surface area contributed by atoms with Crippen molar-refractivity contribution in [3.63, 3.8) is 0 Å². The van der Waals surface area contributed by atoms with Crippen molar-refractivity contribution in [2.75, 3.05) is 25.7 Å². The van der Waals surface area contributed by atoms with Gasteiger partial charge in [-0.15, -0.1) is 0 Å². The van der Waals surface area contributed by atoms with Crippen LogP contribution < -0.4 is 10.2 Å². The summed E-state index contributed by atoms with van der Waals surface area (Å²) in [6.07, 6.45) is 2.60. The van der Waals surface area contributed by atoms with Gasteiger partial charge in [-0.2, -0.15) is 0 Å². The molecule has 1 aromatic rings. The second-order valence-electron chi connectivity index (χ2n) is 5.35. The first kappa shape index (κ1) is 14.6. The predicted octanol–water partition coefficient (Wildman–Crippen LogP) is 3.06. The zero-order chi connectivity index (χ0) is 13.8. The summed E-state index contributed by atoms with van der Waals surface area (Å²) >= 11 is 6.36. The molecule has 0 bridgehead atoms. The Morgan fingerprint density at radius 1 is 1.47 bits per heavy atom. The Hall–Kier alpha value is -0.770. The largest absolute Gasteiger partial charge is 0.383 e. The molecule has 1 saturated carbocycles. The SMILES string of the molecule is COCC(C)N(C)c1ccc(CNC2CC2)c(Cl)c1. The molecule has 0 saturated heterocycles. The number of benzene rings is 1. The van der Waals surface area contributed by atoms with Crippen LogP contribution in [0.5, 0.6) is 0 Å².